The van der Waals surface area contributed by atoms with E-state index in [4.69, 9.17) is 0 Å². The van der Waals surface area contributed by atoms with Gasteiger partial charge in [-0.15, -0.1) is 0 Å². The third-order valence-electron chi connectivity index (χ3n) is 7.67. The highest BCUT2D eigenvalue weighted by Gasteiger charge is 2.38. The second kappa shape index (κ2) is 9.44. The summed E-state index contributed by atoms with van der Waals surface area (Å²) in [7, 11) is 0. The van der Waals surface area contributed by atoms with Crippen LogP contribution in [0.25, 0.3) is 0 Å². The Bertz CT molecular complexity index is 925. The van der Waals surface area contributed by atoms with Crippen molar-refractivity contribution in [1.82, 2.24) is 0 Å². The van der Waals surface area contributed by atoms with E-state index in [1.54, 1.807) is 6.07 Å². The van der Waals surface area contributed by atoms with Gasteiger partial charge in [-0.3, -0.25) is 0 Å². The Kier molecular flexibility index (Phi) is 6.83. The summed E-state index contributed by atoms with van der Waals surface area (Å²) in [4.78, 5) is 0. The van der Waals surface area contributed by atoms with Gasteiger partial charge in [0.05, 0.1) is 5.56 Å². The molecule has 5 heteroatoms. The van der Waals surface area contributed by atoms with E-state index in [1.165, 1.54) is 50.8 Å². The van der Waals surface area contributed by atoms with Crippen LogP contribution >= 0.6 is 0 Å². The highest BCUT2D eigenvalue weighted by molar-refractivity contribution is 5.32. The van der Waals surface area contributed by atoms with E-state index in [2.05, 4.69) is 11.7 Å². The third kappa shape index (κ3) is 5.13. The number of halogens is 4. The van der Waals surface area contributed by atoms with E-state index in [0.717, 1.165) is 61.1 Å². The molecule has 174 valence electrons. The molecule has 0 heterocycles. The number of alkyl halides is 2. The summed E-state index contributed by atoms with van der Waals surface area (Å²) >= 11 is 0. The number of aryl methyl sites for hydroxylation is 1. The number of hydrogen-bond acceptors (Lipinski definition) is 1. The van der Waals surface area contributed by atoms with Gasteiger partial charge < -0.3 is 4.74 Å². The van der Waals surface area contributed by atoms with Crippen LogP contribution < -0.4 is 4.74 Å². The van der Waals surface area contributed by atoms with E-state index in [1.807, 2.05) is 0 Å². The van der Waals surface area contributed by atoms with Crippen molar-refractivity contribution >= 4 is 0 Å². The highest BCUT2D eigenvalue weighted by Crippen LogP contribution is 2.44. The Hall–Kier alpha value is -2.04. The number of hydrogen-bond donors (Lipinski definition) is 0. The summed E-state index contributed by atoms with van der Waals surface area (Å²) in [5, 5.41) is 0. The Morgan fingerprint density at radius 2 is 1.41 bits per heavy atom. The van der Waals surface area contributed by atoms with Gasteiger partial charge in [-0.25, -0.2) is 8.78 Å². The minimum atomic E-state index is -3.89. The average molecular weight is 449 g/mol. The summed E-state index contributed by atoms with van der Waals surface area (Å²) in [5.41, 5.74) is 0.273. The van der Waals surface area contributed by atoms with E-state index in [0.29, 0.717) is 5.56 Å². The maximum absolute atomic E-state index is 14.7. The van der Waals surface area contributed by atoms with Crippen LogP contribution in [-0.2, 0) is 6.11 Å². The summed E-state index contributed by atoms with van der Waals surface area (Å²) in [5.74, 6) is 0.645. The van der Waals surface area contributed by atoms with Crippen molar-refractivity contribution in [3.63, 3.8) is 0 Å². The molecule has 0 aliphatic heterocycles. The van der Waals surface area contributed by atoms with E-state index in [9.17, 15) is 17.6 Å². The van der Waals surface area contributed by atoms with Gasteiger partial charge in [-0.1, -0.05) is 31.9 Å². The zero-order valence-electron chi connectivity index (χ0n) is 18.9. The first-order valence-electron chi connectivity index (χ1n) is 11.9. The van der Waals surface area contributed by atoms with Crippen LogP contribution in [0.4, 0.5) is 17.6 Å². The SMILES string of the molecule is Cc1ccc(OC(F)(F)c2ccc(C3CCC(C4CCC(C)CC4)CC3)cc2F)cc1F. The van der Waals surface area contributed by atoms with Crippen molar-refractivity contribution in [3.05, 3.63) is 64.7 Å². The molecule has 0 N–H and O–H groups in total. The van der Waals surface area contributed by atoms with Crippen LogP contribution in [0.3, 0.4) is 0 Å². The largest absolute Gasteiger partial charge is 0.429 e. The molecule has 2 aromatic carbocycles. The molecular weight excluding hydrogens is 416 g/mol. The van der Waals surface area contributed by atoms with Crippen molar-refractivity contribution in [2.24, 2.45) is 17.8 Å². The molecule has 0 atom stereocenters. The lowest BCUT2D eigenvalue weighted by Crippen LogP contribution is -2.25. The molecule has 0 aromatic heterocycles. The lowest BCUT2D eigenvalue weighted by atomic mass is 9.68. The topological polar surface area (TPSA) is 9.23 Å². The van der Waals surface area contributed by atoms with Gasteiger partial charge in [0.1, 0.15) is 17.4 Å². The molecule has 0 bridgehead atoms. The Balaban J connectivity index is 1.40. The first-order valence-corrected chi connectivity index (χ1v) is 11.9. The summed E-state index contributed by atoms with van der Waals surface area (Å²) in [6.07, 6.45) is 5.61. The van der Waals surface area contributed by atoms with E-state index in [-0.39, 0.29) is 11.7 Å². The van der Waals surface area contributed by atoms with Crippen LogP contribution in [0.1, 0.15) is 80.9 Å². The molecular formula is C27H32F4O. The molecule has 2 aliphatic rings. The van der Waals surface area contributed by atoms with E-state index >= 15 is 0 Å². The maximum Gasteiger partial charge on any atom is 0.429 e. The van der Waals surface area contributed by atoms with Gasteiger partial charge >= 0.3 is 6.11 Å². The zero-order valence-corrected chi connectivity index (χ0v) is 18.9. The number of rotatable bonds is 5. The van der Waals surface area contributed by atoms with Gasteiger partial charge in [0.25, 0.3) is 0 Å². The predicted molar refractivity (Wildman–Crippen MR) is 118 cm³/mol. The Morgan fingerprint density at radius 3 is 2.00 bits per heavy atom. The van der Waals surface area contributed by atoms with Gasteiger partial charge in [0, 0.05) is 6.07 Å². The van der Waals surface area contributed by atoms with Crippen molar-refractivity contribution < 1.29 is 22.3 Å². The van der Waals surface area contributed by atoms with Crippen LogP contribution in [-0.4, -0.2) is 0 Å². The first-order chi connectivity index (χ1) is 15.2. The average Bonchev–Trinajstić information content (AvgIpc) is 2.76. The minimum Gasteiger partial charge on any atom is -0.429 e. The summed E-state index contributed by atoms with van der Waals surface area (Å²) in [6.45, 7) is 3.86. The molecule has 2 aliphatic carbocycles. The zero-order chi connectivity index (χ0) is 22.9. The molecule has 4 rings (SSSR count). The monoisotopic (exact) mass is 448 g/mol. The quantitative estimate of drug-likeness (QED) is 0.417. The molecule has 0 amide bonds. The van der Waals surface area contributed by atoms with Gasteiger partial charge in [-0.05, 0) is 98.4 Å². The molecule has 32 heavy (non-hydrogen) atoms. The summed E-state index contributed by atoms with van der Waals surface area (Å²) < 4.78 is 62.3. The number of ether oxygens (including phenoxy) is 1. The van der Waals surface area contributed by atoms with Crippen molar-refractivity contribution in [2.75, 3.05) is 0 Å². The van der Waals surface area contributed by atoms with Crippen LogP contribution in [0.5, 0.6) is 5.75 Å². The molecule has 2 fully saturated rings. The predicted octanol–water partition coefficient (Wildman–Crippen LogP) is 8.50. The standard InChI is InChI=1S/C27H32F4O/c1-17-3-6-19(7-4-17)20-8-10-21(11-9-20)22-12-14-24(26(29)15-22)27(30,31)32-23-13-5-18(2)25(28)16-23/h5,12-17,19-21H,3-4,6-11H2,1-2H3. The molecule has 2 aromatic rings. The van der Waals surface area contributed by atoms with Crippen molar-refractivity contribution in [2.45, 2.75) is 77.2 Å². The lowest BCUT2D eigenvalue weighted by Gasteiger charge is -2.37. The maximum atomic E-state index is 14.7. The minimum absolute atomic E-state index is 0.207. The normalized spacial score (nSPS) is 26.7. The molecule has 0 saturated heterocycles. The molecule has 0 spiro atoms. The molecule has 2 saturated carbocycles. The van der Waals surface area contributed by atoms with Crippen LogP contribution in [0, 0.1) is 36.3 Å². The van der Waals surface area contributed by atoms with Gasteiger partial charge in [0.2, 0.25) is 0 Å². The summed E-state index contributed by atoms with van der Waals surface area (Å²) in [6, 6.07) is 7.44. The van der Waals surface area contributed by atoms with E-state index < -0.39 is 23.3 Å². The third-order valence-corrected chi connectivity index (χ3v) is 7.67. The first kappa shape index (κ1) is 23.1. The van der Waals surface area contributed by atoms with Gasteiger partial charge in [-0.2, -0.15) is 8.78 Å². The molecule has 0 radical (unpaired) electrons. The lowest BCUT2D eigenvalue weighted by molar-refractivity contribution is -0.187. The van der Waals surface area contributed by atoms with Crippen LogP contribution in [0.2, 0.25) is 0 Å². The highest BCUT2D eigenvalue weighted by atomic mass is 19.3. The number of benzene rings is 2. The fourth-order valence-corrected chi connectivity index (χ4v) is 5.54. The molecule has 1 nitrogen and oxygen atoms in total. The fraction of sp³-hybridized carbons (Fsp3) is 0.556. The molecule has 0 unspecified atom stereocenters. The second-order valence-electron chi connectivity index (χ2n) is 9.90. The van der Waals surface area contributed by atoms with Gasteiger partial charge in [0.15, 0.2) is 0 Å². The fourth-order valence-electron chi connectivity index (χ4n) is 5.54. The Morgan fingerprint density at radius 1 is 0.781 bits per heavy atom. The second-order valence-corrected chi connectivity index (χ2v) is 9.90. The van der Waals surface area contributed by atoms with Crippen molar-refractivity contribution in [1.29, 1.82) is 0 Å². The smallest absolute Gasteiger partial charge is 0.429 e. The Labute approximate surface area is 188 Å². The van der Waals surface area contributed by atoms with Crippen molar-refractivity contribution in [3.8, 4) is 5.75 Å². The van der Waals surface area contributed by atoms with Crippen LogP contribution in [0.15, 0.2) is 36.4 Å².